The SMILES string of the molecule is CC1=C(C(=O)Nc2ccccc2)[C@@H](c2ccccc2)N=C(SCC(=O)Nc2ccc(C)cc2)N1. The lowest BCUT2D eigenvalue weighted by Gasteiger charge is -2.26. The Morgan fingerprint density at radius 1 is 0.853 bits per heavy atom. The minimum atomic E-state index is -0.478. The Kier molecular flexibility index (Phi) is 7.44. The molecular weight excluding hydrogens is 444 g/mol. The quantitative estimate of drug-likeness (QED) is 0.458. The first kappa shape index (κ1) is 23.3. The number of amidine groups is 1. The van der Waals surface area contributed by atoms with Gasteiger partial charge in [0.1, 0.15) is 6.04 Å². The van der Waals surface area contributed by atoms with E-state index in [1.165, 1.54) is 11.8 Å². The maximum Gasteiger partial charge on any atom is 0.255 e. The summed E-state index contributed by atoms with van der Waals surface area (Å²) in [7, 11) is 0. The van der Waals surface area contributed by atoms with Gasteiger partial charge in [0, 0.05) is 17.1 Å². The van der Waals surface area contributed by atoms with Gasteiger partial charge in [-0.2, -0.15) is 0 Å². The summed E-state index contributed by atoms with van der Waals surface area (Å²) in [5.41, 5.74) is 4.77. The summed E-state index contributed by atoms with van der Waals surface area (Å²) in [4.78, 5) is 30.5. The van der Waals surface area contributed by atoms with Crippen molar-refractivity contribution in [3.63, 3.8) is 0 Å². The van der Waals surface area contributed by atoms with E-state index in [1.807, 2.05) is 98.8 Å². The molecule has 3 aromatic rings. The molecule has 1 aliphatic heterocycles. The van der Waals surface area contributed by atoms with Crippen LogP contribution < -0.4 is 16.0 Å². The number of aliphatic imine (C=N–C) groups is 1. The molecule has 0 spiro atoms. The Hall–Kier alpha value is -3.84. The molecule has 172 valence electrons. The second-order valence-corrected chi connectivity index (χ2v) is 8.90. The fourth-order valence-electron chi connectivity index (χ4n) is 3.58. The number of rotatable bonds is 6. The molecule has 1 atom stereocenters. The summed E-state index contributed by atoms with van der Waals surface area (Å²) >= 11 is 1.31. The van der Waals surface area contributed by atoms with Crippen LogP contribution in [0.4, 0.5) is 11.4 Å². The highest BCUT2D eigenvalue weighted by molar-refractivity contribution is 8.14. The number of benzene rings is 3. The lowest BCUT2D eigenvalue weighted by molar-refractivity contribution is -0.114. The molecule has 4 rings (SSSR count). The molecule has 3 aromatic carbocycles. The number of carbonyl (C=O) groups excluding carboxylic acids is 2. The standard InChI is InChI=1S/C27H26N4O2S/c1-18-13-15-22(16-14-18)29-23(32)17-34-27-28-19(2)24(25(31-27)20-9-5-3-6-10-20)26(33)30-21-11-7-4-8-12-21/h3-16,25H,17H2,1-2H3,(H,28,31)(H,29,32)(H,30,33)/t25-/m1/s1. The van der Waals surface area contributed by atoms with E-state index in [0.29, 0.717) is 16.4 Å². The number of amides is 2. The molecule has 2 amide bonds. The van der Waals surface area contributed by atoms with E-state index in [2.05, 4.69) is 16.0 Å². The summed E-state index contributed by atoms with van der Waals surface area (Å²) in [6.45, 7) is 3.86. The molecule has 1 heterocycles. The Bertz CT molecular complexity index is 1220. The predicted octanol–water partition coefficient (Wildman–Crippen LogP) is 5.28. The van der Waals surface area contributed by atoms with Gasteiger partial charge in [0.2, 0.25) is 5.91 Å². The fourth-order valence-corrected chi connectivity index (χ4v) is 4.32. The molecule has 0 aromatic heterocycles. The number of allylic oxidation sites excluding steroid dienone is 1. The molecule has 1 aliphatic rings. The Morgan fingerprint density at radius 2 is 1.47 bits per heavy atom. The minimum Gasteiger partial charge on any atom is -0.338 e. The largest absolute Gasteiger partial charge is 0.338 e. The van der Waals surface area contributed by atoms with Crippen LogP contribution in [0.3, 0.4) is 0 Å². The number of aryl methyl sites for hydroxylation is 1. The lowest BCUT2D eigenvalue weighted by atomic mass is 9.96. The Morgan fingerprint density at radius 3 is 2.15 bits per heavy atom. The number of hydrogen-bond donors (Lipinski definition) is 3. The van der Waals surface area contributed by atoms with E-state index in [1.54, 1.807) is 0 Å². The van der Waals surface area contributed by atoms with Crippen LogP contribution in [0.15, 0.2) is 101 Å². The highest BCUT2D eigenvalue weighted by Gasteiger charge is 2.29. The fraction of sp³-hybridized carbons (Fsp3) is 0.148. The van der Waals surface area contributed by atoms with Crippen molar-refractivity contribution in [2.24, 2.45) is 4.99 Å². The average Bonchev–Trinajstić information content (AvgIpc) is 2.85. The van der Waals surface area contributed by atoms with Crippen molar-refractivity contribution in [3.05, 3.63) is 107 Å². The molecule has 0 bridgehead atoms. The van der Waals surface area contributed by atoms with Crippen LogP contribution in [0.5, 0.6) is 0 Å². The van der Waals surface area contributed by atoms with Crippen LogP contribution in [0.1, 0.15) is 24.1 Å². The van der Waals surface area contributed by atoms with Crippen LogP contribution in [-0.4, -0.2) is 22.7 Å². The van der Waals surface area contributed by atoms with E-state index in [4.69, 9.17) is 4.99 Å². The Balaban J connectivity index is 1.50. The number of nitrogens with zero attached hydrogens (tertiary/aromatic N) is 1. The zero-order chi connectivity index (χ0) is 23.9. The van der Waals surface area contributed by atoms with Crippen LogP contribution >= 0.6 is 11.8 Å². The van der Waals surface area contributed by atoms with Gasteiger partial charge in [-0.1, -0.05) is 78.0 Å². The van der Waals surface area contributed by atoms with Crippen molar-refractivity contribution in [2.45, 2.75) is 19.9 Å². The van der Waals surface area contributed by atoms with Gasteiger partial charge in [-0.3, -0.25) is 9.59 Å². The smallest absolute Gasteiger partial charge is 0.255 e. The molecule has 0 fully saturated rings. The monoisotopic (exact) mass is 470 g/mol. The van der Waals surface area contributed by atoms with Gasteiger partial charge < -0.3 is 16.0 Å². The van der Waals surface area contributed by atoms with Gasteiger partial charge in [-0.05, 0) is 43.7 Å². The van der Waals surface area contributed by atoms with Crippen molar-refractivity contribution in [1.82, 2.24) is 5.32 Å². The number of hydrogen-bond acceptors (Lipinski definition) is 5. The summed E-state index contributed by atoms with van der Waals surface area (Å²) in [6, 6.07) is 26.2. The first-order chi connectivity index (χ1) is 16.5. The van der Waals surface area contributed by atoms with Gasteiger partial charge >= 0.3 is 0 Å². The molecule has 0 radical (unpaired) electrons. The van der Waals surface area contributed by atoms with E-state index in [0.717, 1.165) is 22.5 Å². The average molecular weight is 471 g/mol. The minimum absolute atomic E-state index is 0.121. The highest BCUT2D eigenvalue weighted by Crippen LogP contribution is 2.33. The van der Waals surface area contributed by atoms with E-state index in [-0.39, 0.29) is 17.6 Å². The van der Waals surface area contributed by atoms with Crippen molar-refractivity contribution >= 4 is 40.1 Å². The lowest BCUT2D eigenvalue weighted by Crippen LogP contribution is -2.32. The van der Waals surface area contributed by atoms with Gasteiger partial charge in [-0.15, -0.1) is 0 Å². The first-order valence-electron chi connectivity index (χ1n) is 11.0. The van der Waals surface area contributed by atoms with Gasteiger partial charge in [0.25, 0.3) is 5.91 Å². The molecule has 0 saturated carbocycles. The molecule has 3 N–H and O–H groups in total. The third kappa shape index (κ3) is 5.94. The number of carbonyl (C=O) groups is 2. The summed E-state index contributed by atoms with van der Waals surface area (Å²) < 4.78 is 0. The van der Waals surface area contributed by atoms with E-state index < -0.39 is 6.04 Å². The molecular formula is C27H26N4O2S. The predicted molar refractivity (Wildman–Crippen MR) is 140 cm³/mol. The maximum absolute atomic E-state index is 13.2. The second-order valence-electron chi connectivity index (χ2n) is 7.93. The molecule has 6 nitrogen and oxygen atoms in total. The highest BCUT2D eigenvalue weighted by atomic mass is 32.2. The molecule has 7 heteroatoms. The zero-order valence-electron chi connectivity index (χ0n) is 19.0. The normalized spacial score (nSPS) is 15.2. The van der Waals surface area contributed by atoms with Gasteiger partial charge in [0.15, 0.2) is 5.17 Å². The van der Waals surface area contributed by atoms with Crippen LogP contribution in [-0.2, 0) is 9.59 Å². The number of nitrogens with one attached hydrogen (secondary N) is 3. The molecule has 34 heavy (non-hydrogen) atoms. The van der Waals surface area contributed by atoms with E-state index >= 15 is 0 Å². The van der Waals surface area contributed by atoms with Crippen molar-refractivity contribution in [2.75, 3.05) is 16.4 Å². The van der Waals surface area contributed by atoms with Gasteiger partial charge in [-0.25, -0.2) is 4.99 Å². The molecule has 0 unspecified atom stereocenters. The summed E-state index contributed by atoms with van der Waals surface area (Å²) in [6.07, 6.45) is 0. The number of para-hydroxylation sites is 1. The van der Waals surface area contributed by atoms with E-state index in [9.17, 15) is 9.59 Å². The zero-order valence-corrected chi connectivity index (χ0v) is 19.9. The first-order valence-corrected chi connectivity index (χ1v) is 11.9. The van der Waals surface area contributed by atoms with Crippen molar-refractivity contribution in [3.8, 4) is 0 Å². The van der Waals surface area contributed by atoms with Crippen LogP contribution in [0, 0.1) is 6.92 Å². The summed E-state index contributed by atoms with van der Waals surface area (Å²) in [5.74, 6) is -0.140. The summed E-state index contributed by atoms with van der Waals surface area (Å²) in [5, 5.41) is 9.67. The van der Waals surface area contributed by atoms with Gasteiger partial charge in [0.05, 0.1) is 11.3 Å². The second kappa shape index (κ2) is 10.9. The van der Waals surface area contributed by atoms with Crippen molar-refractivity contribution < 1.29 is 9.59 Å². The van der Waals surface area contributed by atoms with Crippen LogP contribution in [0.2, 0.25) is 0 Å². The third-order valence-corrected chi connectivity index (χ3v) is 6.17. The van der Waals surface area contributed by atoms with Crippen molar-refractivity contribution in [1.29, 1.82) is 0 Å². The third-order valence-electron chi connectivity index (χ3n) is 5.29. The molecule has 0 aliphatic carbocycles. The number of thioether (sulfide) groups is 1. The topological polar surface area (TPSA) is 82.6 Å². The Labute approximate surface area is 203 Å². The van der Waals surface area contributed by atoms with Crippen LogP contribution in [0.25, 0.3) is 0 Å². The maximum atomic E-state index is 13.2. The molecule has 0 saturated heterocycles. The number of anilines is 2.